The van der Waals surface area contributed by atoms with E-state index in [9.17, 15) is 0 Å². The van der Waals surface area contributed by atoms with Crippen LogP contribution < -0.4 is 5.73 Å². The molecule has 0 aromatic rings. The van der Waals surface area contributed by atoms with Crippen LogP contribution in [0.25, 0.3) is 0 Å². The molecule has 0 aliphatic carbocycles. The predicted octanol–water partition coefficient (Wildman–Crippen LogP) is 0.253. The fourth-order valence-electron chi connectivity index (χ4n) is 0. The van der Waals surface area contributed by atoms with Gasteiger partial charge in [0.25, 0.3) is 5.09 Å². The van der Waals surface area contributed by atoms with E-state index in [4.69, 9.17) is 21.1 Å². The van der Waals surface area contributed by atoms with E-state index in [1.807, 2.05) is 0 Å². The highest BCUT2D eigenvalue weighted by atomic mass is 16.9. The Morgan fingerprint density at radius 2 is 1.89 bits per heavy atom. The SMILES string of the molecule is CC(C)CN.O=[N+]([O-])O. The molecule has 5 nitrogen and oxygen atoms in total. The molecule has 0 fully saturated rings. The van der Waals surface area contributed by atoms with E-state index >= 15 is 0 Å². The first-order chi connectivity index (χ1) is 4.00. The topological polar surface area (TPSA) is 89.4 Å². The van der Waals surface area contributed by atoms with Crippen LogP contribution in [0.2, 0.25) is 0 Å². The van der Waals surface area contributed by atoms with Gasteiger partial charge >= 0.3 is 0 Å². The molecule has 0 aromatic heterocycles. The molecule has 0 heterocycles. The fraction of sp³-hybridized carbons (Fsp3) is 1.00. The lowest BCUT2D eigenvalue weighted by Gasteiger charge is -1.91. The van der Waals surface area contributed by atoms with Crippen molar-refractivity contribution in [3.8, 4) is 0 Å². The van der Waals surface area contributed by atoms with E-state index in [-0.39, 0.29) is 0 Å². The maximum atomic E-state index is 8.36. The van der Waals surface area contributed by atoms with Crippen LogP contribution in [0.15, 0.2) is 0 Å². The Bertz CT molecular complexity index is 70.2. The summed E-state index contributed by atoms with van der Waals surface area (Å²) in [6, 6.07) is 0. The molecule has 0 spiro atoms. The Labute approximate surface area is 53.6 Å². The van der Waals surface area contributed by atoms with Gasteiger partial charge in [0.2, 0.25) is 0 Å². The van der Waals surface area contributed by atoms with Crippen LogP contribution in [0, 0.1) is 16.0 Å². The van der Waals surface area contributed by atoms with Crippen LogP contribution in [0.5, 0.6) is 0 Å². The van der Waals surface area contributed by atoms with E-state index in [0.717, 1.165) is 6.54 Å². The minimum absolute atomic E-state index is 0.662. The fourth-order valence-corrected chi connectivity index (χ4v) is 0. The molecule has 9 heavy (non-hydrogen) atoms. The van der Waals surface area contributed by atoms with Gasteiger partial charge in [0.05, 0.1) is 0 Å². The maximum Gasteiger partial charge on any atom is 0.291 e. The van der Waals surface area contributed by atoms with Crippen molar-refractivity contribution in [1.82, 2.24) is 0 Å². The molecule has 0 aliphatic rings. The second-order valence-electron chi connectivity index (χ2n) is 1.87. The summed E-state index contributed by atoms with van der Waals surface area (Å²) < 4.78 is 0. The first-order valence-corrected chi connectivity index (χ1v) is 2.54. The summed E-state index contributed by atoms with van der Waals surface area (Å²) in [7, 11) is 0. The molecule has 0 unspecified atom stereocenters. The zero-order valence-electron chi connectivity index (χ0n) is 5.57. The lowest BCUT2D eigenvalue weighted by atomic mass is 10.2. The zero-order chi connectivity index (χ0) is 7.86. The Morgan fingerprint density at radius 1 is 1.78 bits per heavy atom. The van der Waals surface area contributed by atoms with Gasteiger partial charge in [-0.05, 0) is 12.5 Å². The van der Waals surface area contributed by atoms with Crippen molar-refractivity contribution in [3.63, 3.8) is 0 Å². The largest absolute Gasteiger partial charge is 0.330 e. The zero-order valence-corrected chi connectivity index (χ0v) is 5.57. The van der Waals surface area contributed by atoms with Crippen LogP contribution in [-0.2, 0) is 0 Å². The van der Waals surface area contributed by atoms with Gasteiger partial charge in [-0.25, -0.2) is 0 Å². The van der Waals surface area contributed by atoms with E-state index in [0.29, 0.717) is 5.92 Å². The molecule has 0 saturated carbocycles. The van der Waals surface area contributed by atoms with Gasteiger partial charge in [0.15, 0.2) is 0 Å². The second-order valence-corrected chi connectivity index (χ2v) is 1.87. The lowest BCUT2D eigenvalue weighted by molar-refractivity contribution is -0.742. The molecule has 0 bridgehead atoms. The number of nitrogens with two attached hydrogens (primary N) is 1. The third kappa shape index (κ3) is 142. The normalized spacial score (nSPS) is 8.00. The highest BCUT2D eigenvalue weighted by molar-refractivity contribution is 4.38. The molecule has 5 heteroatoms. The summed E-state index contributed by atoms with van der Waals surface area (Å²) in [5.74, 6) is 0.662. The summed E-state index contributed by atoms with van der Waals surface area (Å²) in [5.41, 5.74) is 5.17. The average Bonchev–Trinajstić information content (AvgIpc) is 1.65. The predicted molar refractivity (Wildman–Crippen MR) is 32.7 cm³/mol. The molecular weight excluding hydrogens is 124 g/mol. The Balaban J connectivity index is 0. The molecule has 56 valence electrons. The van der Waals surface area contributed by atoms with Crippen molar-refractivity contribution in [1.29, 1.82) is 0 Å². The van der Waals surface area contributed by atoms with Gasteiger partial charge in [-0.1, -0.05) is 13.8 Å². The first-order valence-electron chi connectivity index (χ1n) is 2.54. The standard InChI is InChI=1S/C4H11N.HNO3/c1-4(2)3-5;2-1(3)4/h4H,3,5H2,1-2H3;(H,2,3,4). The van der Waals surface area contributed by atoms with Crippen LogP contribution in [-0.4, -0.2) is 16.8 Å². The second kappa shape index (κ2) is 7.16. The first kappa shape index (κ1) is 11.0. The summed E-state index contributed by atoms with van der Waals surface area (Å²) in [6.45, 7) is 5.00. The van der Waals surface area contributed by atoms with Crippen molar-refractivity contribution in [2.75, 3.05) is 6.54 Å². The van der Waals surface area contributed by atoms with Crippen LogP contribution in [0.3, 0.4) is 0 Å². The van der Waals surface area contributed by atoms with Crippen molar-refractivity contribution >= 4 is 0 Å². The molecule has 0 aliphatic heterocycles. The molecule has 0 saturated heterocycles. The molecule has 0 radical (unpaired) electrons. The van der Waals surface area contributed by atoms with Gasteiger partial charge in [-0.3, -0.25) is 0 Å². The highest BCUT2D eigenvalue weighted by Gasteiger charge is 1.80. The summed E-state index contributed by atoms with van der Waals surface area (Å²) in [4.78, 5) is 8.36. The molecule has 0 aromatic carbocycles. The summed E-state index contributed by atoms with van der Waals surface area (Å²) in [5, 5.41) is 13.6. The quantitative estimate of drug-likeness (QED) is 0.399. The molecule has 0 atom stereocenters. The summed E-state index contributed by atoms with van der Waals surface area (Å²) >= 11 is 0. The van der Waals surface area contributed by atoms with E-state index in [1.54, 1.807) is 0 Å². The van der Waals surface area contributed by atoms with Gasteiger partial charge < -0.3 is 10.9 Å². The van der Waals surface area contributed by atoms with E-state index < -0.39 is 5.09 Å². The number of hydrogen-bond acceptors (Lipinski definition) is 3. The van der Waals surface area contributed by atoms with Gasteiger partial charge in [0, 0.05) is 0 Å². The van der Waals surface area contributed by atoms with Crippen LogP contribution >= 0.6 is 0 Å². The minimum atomic E-state index is -1.50. The van der Waals surface area contributed by atoms with Crippen molar-refractivity contribution in [2.45, 2.75) is 13.8 Å². The number of rotatable bonds is 1. The van der Waals surface area contributed by atoms with Crippen molar-refractivity contribution in [3.05, 3.63) is 10.1 Å². The monoisotopic (exact) mass is 136 g/mol. The summed E-state index contributed by atoms with van der Waals surface area (Å²) in [6.07, 6.45) is 0. The van der Waals surface area contributed by atoms with Crippen molar-refractivity contribution in [2.24, 2.45) is 11.7 Å². The Hall–Kier alpha value is -0.840. The van der Waals surface area contributed by atoms with E-state index in [2.05, 4.69) is 13.8 Å². The molecule has 3 N–H and O–H groups in total. The molecule has 0 amide bonds. The smallest absolute Gasteiger partial charge is 0.291 e. The molecular formula is C4H12N2O3. The van der Waals surface area contributed by atoms with Gasteiger partial charge in [-0.2, -0.15) is 0 Å². The van der Waals surface area contributed by atoms with Crippen LogP contribution in [0.1, 0.15) is 13.8 Å². The Kier molecular flexibility index (Phi) is 8.77. The van der Waals surface area contributed by atoms with Gasteiger partial charge in [0.1, 0.15) is 0 Å². The Morgan fingerprint density at radius 3 is 1.89 bits per heavy atom. The molecule has 0 rings (SSSR count). The number of nitrogens with zero attached hydrogens (tertiary/aromatic N) is 1. The lowest BCUT2D eigenvalue weighted by Crippen LogP contribution is -2.05. The highest BCUT2D eigenvalue weighted by Crippen LogP contribution is 1.81. The third-order valence-corrected chi connectivity index (χ3v) is 0.471. The third-order valence-electron chi connectivity index (χ3n) is 0.471. The van der Waals surface area contributed by atoms with Gasteiger partial charge in [-0.15, -0.1) is 10.1 Å². The van der Waals surface area contributed by atoms with Crippen LogP contribution in [0.4, 0.5) is 0 Å². The van der Waals surface area contributed by atoms with Crippen molar-refractivity contribution < 1.29 is 10.3 Å². The maximum absolute atomic E-state index is 8.36. The average molecular weight is 136 g/mol. The minimum Gasteiger partial charge on any atom is -0.330 e. The van der Waals surface area contributed by atoms with E-state index in [1.165, 1.54) is 0 Å². The number of hydrogen-bond donors (Lipinski definition) is 2.